The van der Waals surface area contributed by atoms with Gasteiger partial charge in [-0.3, -0.25) is 4.79 Å². The van der Waals surface area contributed by atoms with Gasteiger partial charge in [-0.25, -0.2) is 0 Å². The van der Waals surface area contributed by atoms with E-state index < -0.39 is 0 Å². The molecule has 0 aliphatic carbocycles. The molecule has 0 atom stereocenters. The molecule has 0 saturated heterocycles. The Labute approximate surface area is 124 Å². The lowest BCUT2D eigenvalue weighted by Gasteiger charge is -2.18. The van der Waals surface area contributed by atoms with E-state index in [9.17, 15) is 4.79 Å². The number of hydrogen-bond donors (Lipinski definition) is 2. The molecule has 1 aromatic carbocycles. The topological polar surface area (TPSA) is 41.1 Å². The molecular weight excluding hydrogens is 280 g/mol. The largest absolute Gasteiger partial charge is 0.332 e. The summed E-state index contributed by atoms with van der Waals surface area (Å²) in [5, 5.41) is 6.55. The first kappa shape index (κ1) is 15.9. The van der Waals surface area contributed by atoms with Crippen molar-refractivity contribution in [3.63, 3.8) is 0 Å². The summed E-state index contributed by atoms with van der Waals surface area (Å²) in [6.45, 7) is 7.93. The van der Waals surface area contributed by atoms with Crippen LogP contribution in [-0.2, 0) is 4.79 Å². The van der Waals surface area contributed by atoms with Gasteiger partial charge in [0.05, 0.1) is 0 Å². The number of benzene rings is 1. The molecule has 0 fully saturated rings. The smallest absolute Gasteiger partial charge is 0.226 e. The number of halogens is 1. The number of nitrogens with one attached hydrogen (secondary N) is 2. The molecule has 104 valence electrons. The lowest BCUT2D eigenvalue weighted by Crippen LogP contribution is -2.36. The standard InChI is InChI=1S/C14H19ClN2OS/c1-9-5-6-10(7-11(9)15)16-13(19)17-12(18)8-14(2,3)4/h5-7H,8H2,1-4H3,(H2,16,17,18,19). The highest BCUT2D eigenvalue weighted by atomic mass is 35.5. The highest BCUT2D eigenvalue weighted by Crippen LogP contribution is 2.20. The monoisotopic (exact) mass is 298 g/mol. The number of amides is 1. The number of aryl methyl sites for hydroxylation is 1. The molecule has 2 N–H and O–H groups in total. The summed E-state index contributed by atoms with van der Waals surface area (Å²) in [5.74, 6) is -0.0943. The predicted octanol–water partition coefficient (Wildman–Crippen LogP) is 3.90. The summed E-state index contributed by atoms with van der Waals surface area (Å²) < 4.78 is 0. The Balaban J connectivity index is 2.56. The number of carbonyl (C=O) groups is 1. The molecule has 0 aliphatic rings. The zero-order chi connectivity index (χ0) is 14.6. The van der Waals surface area contributed by atoms with Crippen LogP contribution >= 0.6 is 23.8 Å². The lowest BCUT2D eigenvalue weighted by atomic mass is 9.92. The normalized spacial score (nSPS) is 11.0. The van der Waals surface area contributed by atoms with Gasteiger partial charge in [0.25, 0.3) is 0 Å². The van der Waals surface area contributed by atoms with Crippen molar-refractivity contribution < 1.29 is 4.79 Å². The van der Waals surface area contributed by atoms with E-state index in [2.05, 4.69) is 10.6 Å². The van der Waals surface area contributed by atoms with E-state index >= 15 is 0 Å². The van der Waals surface area contributed by atoms with Crippen LogP contribution in [0.4, 0.5) is 5.69 Å². The van der Waals surface area contributed by atoms with Gasteiger partial charge >= 0.3 is 0 Å². The van der Waals surface area contributed by atoms with Crippen LogP contribution in [0.25, 0.3) is 0 Å². The molecule has 1 rings (SSSR count). The van der Waals surface area contributed by atoms with Crippen LogP contribution in [0.3, 0.4) is 0 Å². The van der Waals surface area contributed by atoms with Crippen LogP contribution in [0.1, 0.15) is 32.8 Å². The first-order valence-electron chi connectivity index (χ1n) is 6.04. The van der Waals surface area contributed by atoms with Crippen molar-refractivity contribution in [3.05, 3.63) is 28.8 Å². The van der Waals surface area contributed by atoms with Crippen LogP contribution in [0.2, 0.25) is 5.02 Å². The quantitative estimate of drug-likeness (QED) is 0.814. The number of rotatable bonds is 2. The van der Waals surface area contributed by atoms with Gasteiger partial charge in [0.1, 0.15) is 0 Å². The minimum atomic E-state index is -0.0943. The molecule has 0 saturated carbocycles. The molecule has 0 unspecified atom stereocenters. The number of carbonyl (C=O) groups excluding carboxylic acids is 1. The predicted molar refractivity (Wildman–Crippen MR) is 84.6 cm³/mol. The third-order valence-electron chi connectivity index (χ3n) is 2.37. The van der Waals surface area contributed by atoms with Gasteiger partial charge < -0.3 is 10.6 Å². The molecule has 1 aromatic rings. The van der Waals surface area contributed by atoms with Crippen LogP contribution < -0.4 is 10.6 Å². The molecule has 0 heterocycles. The van der Waals surface area contributed by atoms with Crippen molar-refractivity contribution in [1.29, 1.82) is 0 Å². The Morgan fingerprint density at radius 1 is 1.37 bits per heavy atom. The van der Waals surface area contributed by atoms with Crippen LogP contribution in [0, 0.1) is 12.3 Å². The van der Waals surface area contributed by atoms with Gasteiger partial charge in [0, 0.05) is 17.1 Å². The fraction of sp³-hybridized carbons (Fsp3) is 0.429. The number of hydrogen-bond acceptors (Lipinski definition) is 2. The average molecular weight is 299 g/mol. The first-order valence-corrected chi connectivity index (χ1v) is 6.83. The van der Waals surface area contributed by atoms with Crippen molar-refractivity contribution in [2.24, 2.45) is 5.41 Å². The fourth-order valence-electron chi connectivity index (χ4n) is 1.49. The molecule has 1 amide bonds. The molecular formula is C14H19ClN2OS. The van der Waals surface area contributed by atoms with E-state index in [1.54, 1.807) is 6.07 Å². The molecule has 19 heavy (non-hydrogen) atoms. The van der Waals surface area contributed by atoms with Crippen molar-refractivity contribution in [1.82, 2.24) is 5.32 Å². The van der Waals surface area contributed by atoms with Gasteiger partial charge in [-0.2, -0.15) is 0 Å². The zero-order valence-corrected chi connectivity index (χ0v) is 13.2. The van der Waals surface area contributed by atoms with Crippen LogP contribution in [0.5, 0.6) is 0 Å². The molecule has 0 spiro atoms. The molecule has 0 aromatic heterocycles. The summed E-state index contributed by atoms with van der Waals surface area (Å²) in [6, 6.07) is 5.53. The lowest BCUT2D eigenvalue weighted by molar-refractivity contribution is -0.121. The highest BCUT2D eigenvalue weighted by Gasteiger charge is 2.16. The minimum absolute atomic E-state index is 0.0626. The fourth-order valence-corrected chi connectivity index (χ4v) is 1.90. The van der Waals surface area contributed by atoms with Crippen molar-refractivity contribution in [2.45, 2.75) is 34.1 Å². The summed E-state index contributed by atoms with van der Waals surface area (Å²) in [4.78, 5) is 11.7. The van der Waals surface area contributed by atoms with E-state index in [1.165, 1.54) is 0 Å². The molecule has 0 aliphatic heterocycles. The Morgan fingerprint density at radius 3 is 2.53 bits per heavy atom. The van der Waals surface area contributed by atoms with E-state index in [1.807, 2.05) is 39.8 Å². The second-order valence-corrected chi connectivity index (χ2v) is 6.52. The Hall–Kier alpha value is -1.13. The summed E-state index contributed by atoms with van der Waals surface area (Å²) in [5.41, 5.74) is 1.69. The average Bonchev–Trinajstić information content (AvgIpc) is 2.20. The van der Waals surface area contributed by atoms with Gasteiger partial charge in [0.15, 0.2) is 5.11 Å². The van der Waals surface area contributed by atoms with E-state index in [4.69, 9.17) is 23.8 Å². The van der Waals surface area contributed by atoms with Crippen molar-refractivity contribution >= 4 is 40.5 Å². The molecule has 0 radical (unpaired) electrons. The first-order chi connectivity index (χ1) is 8.67. The molecule has 5 heteroatoms. The van der Waals surface area contributed by atoms with Gasteiger partial charge in [0.2, 0.25) is 5.91 Å². The summed E-state index contributed by atoms with van der Waals surface area (Å²) in [6.07, 6.45) is 0.420. The van der Waals surface area contributed by atoms with Gasteiger partial charge in [-0.05, 0) is 42.3 Å². The van der Waals surface area contributed by atoms with E-state index in [-0.39, 0.29) is 16.4 Å². The second kappa shape index (κ2) is 6.35. The maximum atomic E-state index is 11.7. The molecule has 3 nitrogen and oxygen atoms in total. The second-order valence-electron chi connectivity index (χ2n) is 5.70. The maximum absolute atomic E-state index is 11.7. The highest BCUT2D eigenvalue weighted by molar-refractivity contribution is 7.80. The third-order valence-corrected chi connectivity index (χ3v) is 2.98. The Kier molecular flexibility index (Phi) is 5.32. The minimum Gasteiger partial charge on any atom is -0.332 e. The summed E-state index contributed by atoms with van der Waals surface area (Å²) >= 11 is 11.1. The number of thiocarbonyl (C=S) groups is 1. The van der Waals surface area contributed by atoms with E-state index in [0.717, 1.165) is 11.3 Å². The SMILES string of the molecule is Cc1ccc(NC(=S)NC(=O)CC(C)(C)C)cc1Cl. The summed E-state index contributed by atoms with van der Waals surface area (Å²) in [7, 11) is 0. The Bertz CT molecular complexity index is 495. The molecule has 0 bridgehead atoms. The van der Waals surface area contributed by atoms with Crippen molar-refractivity contribution in [3.8, 4) is 0 Å². The zero-order valence-electron chi connectivity index (χ0n) is 11.6. The van der Waals surface area contributed by atoms with Crippen LogP contribution in [-0.4, -0.2) is 11.0 Å². The van der Waals surface area contributed by atoms with Crippen LogP contribution in [0.15, 0.2) is 18.2 Å². The third kappa shape index (κ3) is 6.03. The van der Waals surface area contributed by atoms with E-state index in [0.29, 0.717) is 11.4 Å². The van der Waals surface area contributed by atoms with Gasteiger partial charge in [-0.1, -0.05) is 38.4 Å². The van der Waals surface area contributed by atoms with Crippen molar-refractivity contribution in [2.75, 3.05) is 5.32 Å². The number of anilines is 1. The Morgan fingerprint density at radius 2 is 2.00 bits per heavy atom. The maximum Gasteiger partial charge on any atom is 0.226 e. The van der Waals surface area contributed by atoms with Gasteiger partial charge in [-0.15, -0.1) is 0 Å².